The number of nitrogens with zero attached hydrogens (tertiary/aromatic N) is 2. The highest BCUT2D eigenvalue weighted by atomic mass is 35.5. The predicted molar refractivity (Wildman–Crippen MR) is 113 cm³/mol. The third-order valence-electron chi connectivity index (χ3n) is 7.51. The van der Waals surface area contributed by atoms with Crippen molar-refractivity contribution in [3.8, 4) is 0 Å². The molecule has 4 bridgehead atoms. The molecule has 0 radical (unpaired) electrons. The number of hydrogen-bond acceptors (Lipinski definition) is 3. The largest absolute Gasteiger partial charge is 0.295 e. The molecule has 1 heterocycles. The zero-order chi connectivity index (χ0) is 19.7. The zero-order valence-corrected chi connectivity index (χ0v) is 18.8. The Kier molecular flexibility index (Phi) is 4.97. The first-order valence-electron chi connectivity index (χ1n) is 10.2. The average Bonchev–Trinajstić information content (AvgIpc) is 2.63. The van der Waals surface area contributed by atoms with Crippen LogP contribution in [0.15, 0.2) is 17.0 Å². The molecule has 0 N–H and O–H groups in total. The van der Waals surface area contributed by atoms with Crippen molar-refractivity contribution >= 4 is 44.8 Å². The van der Waals surface area contributed by atoms with Gasteiger partial charge in [-0.25, -0.2) is 8.42 Å². The molecule has 1 saturated heterocycles. The maximum Gasteiger partial charge on any atom is 0.244 e. The van der Waals surface area contributed by atoms with E-state index >= 15 is 0 Å². The van der Waals surface area contributed by atoms with Gasteiger partial charge >= 0.3 is 0 Å². The van der Waals surface area contributed by atoms with Crippen LogP contribution in [0.25, 0.3) is 0 Å². The maximum atomic E-state index is 13.1. The summed E-state index contributed by atoms with van der Waals surface area (Å²) in [6.45, 7) is 2.59. The quantitative estimate of drug-likeness (QED) is 0.597. The van der Waals surface area contributed by atoms with E-state index in [-0.39, 0.29) is 20.0 Å². The molecule has 4 aliphatic carbocycles. The standard InChI is InChI=1S/C20H25Cl3N2O2S/c21-16-8-18(23)19(9-17(16)22)28(26,27)25-3-1-24(2-4-25)20-10-13-5-14(11-20)7-15(6-13)12-20/h8-9,13-15H,1-7,10-12H2. The lowest BCUT2D eigenvalue weighted by atomic mass is 9.52. The Balaban J connectivity index is 1.33. The first kappa shape index (κ1) is 19.9. The summed E-state index contributed by atoms with van der Waals surface area (Å²) in [5, 5.41) is 0.590. The fourth-order valence-electron chi connectivity index (χ4n) is 6.70. The first-order valence-corrected chi connectivity index (χ1v) is 12.7. The lowest BCUT2D eigenvalue weighted by molar-refractivity contribution is -0.0964. The topological polar surface area (TPSA) is 40.6 Å². The average molecular weight is 464 g/mol. The van der Waals surface area contributed by atoms with Crippen molar-refractivity contribution < 1.29 is 8.42 Å². The molecule has 0 amide bonds. The summed E-state index contributed by atoms with van der Waals surface area (Å²) in [4.78, 5) is 2.66. The summed E-state index contributed by atoms with van der Waals surface area (Å²) in [6, 6.07) is 2.77. The second-order valence-corrected chi connectivity index (χ2v) is 12.4. The molecule has 8 heteroatoms. The highest BCUT2D eigenvalue weighted by Gasteiger charge is 2.54. The van der Waals surface area contributed by atoms with Crippen LogP contribution in [0.1, 0.15) is 38.5 Å². The van der Waals surface area contributed by atoms with E-state index < -0.39 is 10.0 Å². The number of hydrogen-bond donors (Lipinski definition) is 0. The van der Waals surface area contributed by atoms with Crippen LogP contribution in [0.5, 0.6) is 0 Å². The minimum atomic E-state index is -3.68. The summed E-state index contributed by atoms with van der Waals surface area (Å²) >= 11 is 18.2. The number of benzene rings is 1. The number of sulfonamides is 1. The van der Waals surface area contributed by atoms with E-state index in [1.54, 1.807) is 4.31 Å². The fraction of sp³-hybridized carbons (Fsp3) is 0.700. The number of rotatable bonds is 3. The molecule has 1 aromatic rings. The zero-order valence-electron chi connectivity index (χ0n) is 15.7. The normalized spacial score (nSPS) is 36.2. The molecule has 1 aliphatic heterocycles. The van der Waals surface area contributed by atoms with Gasteiger partial charge in [0.15, 0.2) is 0 Å². The third kappa shape index (κ3) is 3.21. The van der Waals surface area contributed by atoms with Gasteiger partial charge in [0.1, 0.15) is 4.90 Å². The molecule has 1 aromatic carbocycles. The molecule has 0 unspecified atom stereocenters. The van der Waals surface area contributed by atoms with Gasteiger partial charge in [0.05, 0.1) is 15.1 Å². The third-order valence-corrected chi connectivity index (χ3v) is 10.6. The van der Waals surface area contributed by atoms with E-state index in [2.05, 4.69) is 4.90 Å². The highest BCUT2D eigenvalue weighted by molar-refractivity contribution is 7.89. The van der Waals surface area contributed by atoms with Gasteiger partial charge in [0.2, 0.25) is 10.0 Å². The van der Waals surface area contributed by atoms with Crippen LogP contribution >= 0.6 is 34.8 Å². The van der Waals surface area contributed by atoms with Crippen molar-refractivity contribution in [1.29, 1.82) is 0 Å². The molecular formula is C20H25Cl3N2O2S. The molecule has 0 atom stereocenters. The molecule has 4 nitrogen and oxygen atoms in total. The maximum absolute atomic E-state index is 13.1. The van der Waals surface area contributed by atoms with Crippen molar-refractivity contribution in [2.45, 2.75) is 49.0 Å². The Morgan fingerprint density at radius 2 is 1.29 bits per heavy atom. The van der Waals surface area contributed by atoms with Crippen molar-refractivity contribution in [2.75, 3.05) is 26.2 Å². The van der Waals surface area contributed by atoms with Crippen LogP contribution in [-0.4, -0.2) is 49.3 Å². The lowest BCUT2D eigenvalue weighted by Crippen LogP contribution is -2.64. The van der Waals surface area contributed by atoms with Gasteiger partial charge in [-0.05, 0) is 68.4 Å². The van der Waals surface area contributed by atoms with Gasteiger partial charge < -0.3 is 0 Å². The van der Waals surface area contributed by atoms with Crippen LogP contribution in [0.3, 0.4) is 0 Å². The molecule has 0 aromatic heterocycles. The van der Waals surface area contributed by atoms with Crippen LogP contribution < -0.4 is 0 Å². The fourth-order valence-corrected chi connectivity index (χ4v) is 9.09. The monoisotopic (exact) mass is 462 g/mol. The highest BCUT2D eigenvalue weighted by Crippen LogP contribution is 2.57. The predicted octanol–water partition coefficient (Wildman–Crippen LogP) is 4.92. The van der Waals surface area contributed by atoms with Gasteiger partial charge in [-0.2, -0.15) is 4.31 Å². The Labute approximate surface area is 182 Å². The first-order chi connectivity index (χ1) is 13.3. The molecule has 28 heavy (non-hydrogen) atoms. The Morgan fingerprint density at radius 3 is 1.82 bits per heavy atom. The van der Waals surface area contributed by atoms with E-state index in [0.29, 0.717) is 18.6 Å². The van der Waals surface area contributed by atoms with E-state index in [1.165, 1.54) is 50.7 Å². The van der Waals surface area contributed by atoms with E-state index in [0.717, 1.165) is 30.8 Å². The van der Waals surface area contributed by atoms with E-state index in [1.807, 2.05) is 0 Å². The summed E-state index contributed by atoms with van der Waals surface area (Å²) in [5.74, 6) is 2.68. The molecule has 6 rings (SSSR count). The second kappa shape index (κ2) is 7.00. The summed E-state index contributed by atoms with van der Waals surface area (Å²) < 4.78 is 27.8. The van der Waals surface area contributed by atoms with Gasteiger partial charge in [-0.15, -0.1) is 0 Å². The number of halogens is 3. The summed E-state index contributed by atoms with van der Waals surface area (Å²) in [6.07, 6.45) is 8.19. The van der Waals surface area contributed by atoms with Gasteiger partial charge in [-0.3, -0.25) is 4.90 Å². The van der Waals surface area contributed by atoms with Gasteiger partial charge in [0.25, 0.3) is 0 Å². The molecular weight excluding hydrogens is 439 g/mol. The van der Waals surface area contributed by atoms with Crippen LogP contribution in [0.4, 0.5) is 0 Å². The SMILES string of the molecule is O=S(=O)(c1cc(Cl)c(Cl)cc1Cl)N1CCN(C23CC4CC(CC(C4)C2)C3)CC1. The van der Waals surface area contributed by atoms with Gasteiger partial charge in [-0.1, -0.05) is 34.8 Å². The van der Waals surface area contributed by atoms with Crippen LogP contribution in [-0.2, 0) is 10.0 Å². The smallest absolute Gasteiger partial charge is 0.244 e. The minimum absolute atomic E-state index is 0.0480. The Bertz CT molecular complexity index is 862. The number of piperazine rings is 1. The molecule has 154 valence electrons. The van der Waals surface area contributed by atoms with Crippen LogP contribution in [0.2, 0.25) is 15.1 Å². The Hall–Kier alpha value is -0.0400. The van der Waals surface area contributed by atoms with Crippen molar-refractivity contribution in [3.05, 3.63) is 27.2 Å². The van der Waals surface area contributed by atoms with Crippen molar-refractivity contribution in [3.63, 3.8) is 0 Å². The van der Waals surface area contributed by atoms with Gasteiger partial charge in [0, 0.05) is 31.7 Å². The molecule has 4 saturated carbocycles. The molecule has 0 spiro atoms. The van der Waals surface area contributed by atoms with E-state index in [4.69, 9.17) is 34.8 Å². The second-order valence-electron chi connectivity index (χ2n) is 9.23. The van der Waals surface area contributed by atoms with Crippen LogP contribution in [0, 0.1) is 17.8 Å². The van der Waals surface area contributed by atoms with Crippen molar-refractivity contribution in [2.24, 2.45) is 17.8 Å². The minimum Gasteiger partial charge on any atom is -0.295 e. The van der Waals surface area contributed by atoms with Crippen molar-refractivity contribution in [1.82, 2.24) is 9.21 Å². The van der Waals surface area contributed by atoms with E-state index in [9.17, 15) is 8.42 Å². The summed E-state index contributed by atoms with van der Waals surface area (Å²) in [5.41, 5.74) is 0.325. The lowest BCUT2D eigenvalue weighted by Gasteiger charge is -2.61. The molecule has 5 aliphatic rings. The molecule has 5 fully saturated rings. The Morgan fingerprint density at radius 1 is 0.786 bits per heavy atom. The summed E-state index contributed by atoms with van der Waals surface area (Å²) in [7, 11) is -3.68.